The molecule has 1 heterocycles. The summed E-state index contributed by atoms with van der Waals surface area (Å²) < 4.78 is 43.2. The van der Waals surface area contributed by atoms with Crippen molar-refractivity contribution in [2.24, 2.45) is 0 Å². The number of halogens is 3. The molecule has 112 valence electrons. The summed E-state index contributed by atoms with van der Waals surface area (Å²) in [6, 6.07) is 6.18. The number of ether oxygens (including phenoxy) is 1. The first kappa shape index (κ1) is 15.0. The number of nitrogen functional groups attached to an aromatic ring is 1. The van der Waals surface area contributed by atoms with Crippen molar-refractivity contribution in [1.82, 2.24) is 4.98 Å². The van der Waals surface area contributed by atoms with E-state index in [-0.39, 0.29) is 11.4 Å². The normalized spacial score (nSPS) is 11.3. The minimum absolute atomic E-state index is 0.117. The first-order chi connectivity index (χ1) is 9.81. The number of alkyl halides is 3. The Bertz CT molecular complexity index is 656. The Morgan fingerprint density at radius 3 is 2.52 bits per heavy atom. The number of rotatable bonds is 3. The minimum Gasteiger partial charge on any atom is -0.495 e. The van der Waals surface area contributed by atoms with Gasteiger partial charge >= 0.3 is 6.18 Å². The van der Waals surface area contributed by atoms with Gasteiger partial charge in [-0.1, -0.05) is 6.07 Å². The second kappa shape index (κ2) is 5.51. The SMILES string of the molecule is COc1ccc(C)cc1Nc1cc(C(F)(F)F)ncc1N. The van der Waals surface area contributed by atoms with Crippen molar-refractivity contribution in [3.8, 4) is 5.75 Å². The predicted molar refractivity (Wildman–Crippen MR) is 74.7 cm³/mol. The fraction of sp³-hybridized carbons (Fsp3) is 0.214. The van der Waals surface area contributed by atoms with Gasteiger partial charge in [0.05, 0.1) is 30.4 Å². The van der Waals surface area contributed by atoms with Crippen molar-refractivity contribution >= 4 is 17.1 Å². The maximum absolute atomic E-state index is 12.7. The van der Waals surface area contributed by atoms with Crippen molar-refractivity contribution < 1.29 is 17.9 Å². The molecule has 0 aliphatic rings. The lowest BCUT2D eigenvalue weighted by Crippen LogP contribution is -2.09. The van der Waals surface area contributed by atoms with E-state index in [4.69, 9.17) is 10.5 Å². The van der Waals surface area contributed by atoms with E-state index in [1.807, 2.05) is 13.0 Å². The van der Waals surface area contributed by atoms with Crippen LogP contribution in [-0.4, -0.2) is 12.1 Å². The quantitative estimate of drug-likeness (QED) is 0.906. The van der Waals surface area contributed by atoms with Crippen LogP contribution in [0.3, 0.4) is 0 Å². The van der Waals surface area contributed by atoms with Gasteiger partial charge in [0.15, 0.2) is 0 Å². The number of nitrogens with zero attached hydrogens (tertiary/aromatic N) is 1. The second-order valence-electron chi connectivity index (χ2n) is 4.48. The van der Waals surface area contributed by atoms with E-state index in [0.717, 1.165) is 17.8 Å². The van der Waals surface area contributed by atoms with Gasteiger partial charge in [-0.25, -0.2) is 4.98 Å². The average molecular weight is 297 g/mol. The van der Waals surface area contributed by atoms with E-state index in [2.05, 4.69) is 10.3 Å². The van der Waals surface area contributed by atoms with Crippen LogP contribution in [-0.2, 0) is 6.18 Å². The lowest BCUT2D eigenvalue weighted by Gasteiger charge is -2.15. The first-order valence-corrected chi connectivity index (χ1v) is 6.05. The smallest absolute Gasteiger partial charge is 0.433 e. The van der Waals surface area contributed by atoms with Gasteiger partial charge in [-0.2, -0.15) is 13.2 Å². The second-order valence-corrected chi connectivity index (χ2v) is 4.48. The molecule has 0 unspecified atom stereocenters. The van der Waals surface area contributed by atoms with Crippen molar-refractivity contribution in [2.75, 3.05) is 18.2 Å². The van der Waals surface area contributed by atoms with E-state index in [0.29, 0.717) is 11.4 Å². The Labute approximate surface area is 119 Å². The lowest BCUT2D eigenvalue weighted by molar-refractivity contribution is -0.141. The van der Waals surface area contributed by atoms with Crippen molar-refractivity contribution in [3.05, 3.63) is 41.7 Å². The summed E-state index contributed by atoms with van der Waals surface area (Å²) in [4.78, 5) is 3.29. The number of aryl methyl sites for hydroxylation is 1. The zero-order valence-electron chi connectivity index (χ0n) is 11.5. The standard InChI is InChI=1S/C14H14F3N3O/c1-8-3-4-12(21-2)11(5-8)20-10-6-13(14(15,16)17)19-7-9(10)18/h3-7H,18H2,1-2H3,(H,19,20). The van der Waals surface area contributed by atoms with E-state index >= 15 is 0 Å². The van der Waals surface area contributed by atoms with E-state index in [9.17, 15) is 13.2 Å². The Kier molecular flexibility index (Phi) is 3.93. The van der Waals surface area contributed by atoms with E-state index < -0.39 is 11.9 Å². The van der Waals surface area contributed by atoms with Crippen LogP contribution in [0.4, 0.5) is 30.2 Å². The minimum atomic E-state index is -4.53. The fourth-order valence-corrected chi connectivity index (χ4v) is 1.79. The van der Waals surface area contributed by atoms with Gasteiger partial charge in [-0.05, 0) is 30.7 Å². The molecule has 2 aromatic rings. The van der Waals surface area contributed by atoms with E-state index in [1.165, 1.54) is 7.11 Å². The molecule has 0 amide bonds. The molecule has 0 saturated heterocycles. The Morgan fingerprint density at radius 1 is 1.19 bits per heavy atom. The summed E-state index contributed by atoms with van der Waals surface area (Å²) in [6.45, 7) is 1.86. The van der Waals surface area contributed by atoms with Gasteiger partial charge in [0.2, 0.25) is 0 Å². The monoisotopic (exact) mass is 297 g/mol. The van der Waals surface area contributed by atoms with Gasteiger partial charge in [-0.3, -0.25) is 0 Å². The van der Waals surface area contributed by atoms with Gasteiger partial charge < -0.3 is 15.8 Å². The Balaban J connectivity index is 2.42. The van der Waals surface area contributed by atoms with Gasteiger partial charge in [-0.15, -0.1) is 0 Å². The van der Waals surface area contributed by atoms with Gasteiger partial charge in [0.1, 0.15) is 11.4 Å². The van der Waals surface area contributed by atoms with Crippen LogP contribution in [0.5, 0.6) is 5.75 Å². The highest BCUT2D eigenvalue weighted by molar-refractivity contribution is 5.75. The van der Waals surface area contributed by atoms with E-state index in [1.54, 1.807) is 12.1 Å². The topological polar surface area (TPSA) is 60.2 Å². The zero-order chi connectivity index (χ0) is 15.6. The maximum Gasteiger partial charge on any atom is 0.433 e. The molecule has 21 heavy (non-hydrogen) atoms. The summed E-state index contributed by atoms with van der Waals surface area (Å²) in [6.07, 6.45) is -3.55. The molecule has 0 atom stereocenters. The third-order valence-electron chi connectivity index (χ3n) is 2.85. The molecule has 7 heteroatoms. The van der Waals surface area contributed by atoms with Crippen LogP contribution in [0.1, 0.15) is 11.3 Å². The fourth-order valence-electron chi connectivity index (χ4n) is 1.79. The zero-order valence-corrected chi connectivity index (χ0v) is 11.5. The molecule has 3 N–H and O–H groups in total. The highest BCUT2D eigenvalue weighted by Gasteiger charge is 2.33. The third kappa shape index (κ3) is 3.36. The van der Waals surface area contributed by atoms with Crippen LogP contribution in [0, 0.1) is 6.92 Å². The number of pyridine rings is 1. The highest BCUT2D eigenvalue weighted by atomic mass is 19.4. The van der Waals surface area contributed by atoms with Crippen LogP contribution in [0.25, 0.3) is 0 Å². The molecule has 1 aromatic heterocycles. The molecule has 0 aliphatic carbocycles. The summed E-state index contributed by atoms with van der Waals surface area (Å²) in [5.74, 6) is 0.505. The van der Waals surface area contributed by atoms with Gasteiger partial charge in [0, 0.05) is 0 Å². The summed E-state index contributed by atoms with van der Waals surface area (Å²) in [5.41, 5.74) is 6.38. The molecule has 4 nitrogen and oxygen atoms in total. The molecule has 2 rings (SSSR count). The molecular formula is C14H14F3N3O. The summed E-state index contributed by atoms with van der Waals surface area (Å²) in [5, 5.41) is 2.86. The molecule has 0 bridgehead atoms. The summed E-state index contributed by atoms with van der Waals surface area (Å²) >= 11 is 0. The lowest BCUT2D eigenvalue weighted by atomic mass is 10.2. The largest absolute Gasteiger partial charge is 0.495 e. The predicted octanol–water partition coefficient (Wildman–Crippen LogP) is 3.74. The number of nitrogens with two attached hydrogens (primary N) is 1. The Hall–Kier alpha value is -2.44. The van der Waals surface area contributed by atoms with Crippen molar-refractivity contribution in [1.29, 1.82) is 0 Å². The van der Waals surface area contributed by atoms with Crippen LogP contribution in [0.2, 0.25) is 0 Å². The number of methoxy groups -OCH3 is 1. The molecule has 0 aliphatic heterocycles. The third-order valence-corrected chi connectivity index (χ3v) is 2.85. The maximum atomic E-state index is 12.7. The Morgan fingerprint density at radius 2 is 1.90 bits per heavy atom. The summed E-state index contributed by atoms with van der Waals surface area (Å²) in [7, 11) is 1.48. The molecule has 1 aromatic carbocycles. The highest BCUT2D eigenvalue weighted by Crippen LogP contribution is 2.34. The van der Waals surface area contributed by atoms with Crippen LogP contribution >= 0.6 is 0 Å². The molecule has 0 fully saturated rings. The van der Waals surface area contributed by atoms with Gasteiger partial charge in [0.25, 0.3) is 0 Å². The van der Waals surface area contributed by atoms with Crippen LogP contribution in [0.15, 0.2) is 30.5 Å². The van der Waals surface area contributed by atoms with Crippen molar-refractivity contribution in [2.45, 2.75) is 13.1 Å². The van der Waals surface area contributed by atoms with Crippen LogP contribution < -0.4 is 15.8 Å². The molecule has 0 spiro atoms. The molecular weight excluding hydrogens is 283 g/mol. The number of hydrogen-bond donors (Lipinski definition) is 2. The average Bonchev–Trinajstić information content (AvgIpc) is 2.40. The number of anilines is 3. The molecule has 0 radical (unpaired) electrons. The number of aromatic nitrogens is 1. The number of nitrogens with one attached hydrogen (secondary N) is 1. The van der Waals surface area contributed by atoms with Crippen molar-refractivity contribution in [3.63, 3.8) is 0 Å². The molecule has 0 saturated carbocycles. The first-order valence-electron chi connectivity index (χ1n) is 6.05. The number of hydrogen-bond acceptors (Lipinski definition) is 4. The number of benzene rings is 1.